The number of nitrogens with zero attached hydrogens (tertiary/aromatic N) is 3. The Kier molecular flexibility index (Phi) is 3.72. The number of aromatic nitrogens is 2. The second kappa shape index (κ2) is 5.45. The highest BCUT2D eigenvalue weighted by Crippen LogP contribution is 2.26. The molecule has 3 aromatic rings. The van der Waals surface area contributed by atoms with Gasteiger partial charge >= 0.3 is 0 Å². The van der Waals surface area contributed by atoms with Gasteiger partial charge in [-0.1, -0.05) is 32.1 Å². The zero-order chi connectivity index (χ0) is 16.8. The minimum absolute atomic E-state index is 0.00749. The smallest absolute Gasteiger partial charge is 0.265 e. The Labute approximate surface area is 138 Å². The van der Waals surface area contributed by atoms with Crippen LogP contribution in [0, 0.1) is 5.41 Å². The summed E-state index contributed by atoms with van der Waals surface area (Å²) in [6.45, 7) is 7.01. The molecule has 0 spiro atoms. The van der Waals surface area contributed by atoms with Crippen LogP contribution in [0.2, 0.25) is 0 Å². The number of amides is 1. The third kappa shape index (κ3) is 2.99. The van der Waals surface area contributed by atoms with E-state index >= 15 is 0 Å². The van der Waals surface area contributed by atoms with Gasteiger partial charge in [0.2, 0.25) is 0 Å². The number of aldehydes is 1. The van der Waals surface area contributed by atoms with Gasteiger partial charge in [-0.05, 0) is 23.6 Å². The van der Waals surface area contributed by atoms with Gasteiger partial charge in [0.05, 0.1) is 11.0 Å². The van der Waals surface area contributed by atoms with Gasteiger partial charge in [-0.15, -0.1) is 0 Å². The zero-order valence-electron chi connectivity index (χ0n) is 13.7. The summed E-state index contributed by atoms with van der Waals surface area (Å²) in [5.41, 5.74) is 2.33. The van der Waals surface area contributed by atoms with Gasteiger partial charge in [0.15, 0.2) is 4.96 Å². The van der Waals surface area contributed by atoms with Crippen molar-refractivity contribution in [1.29, 1.82) is 0 Å². The van der Waals surface area contributed by atoms with Crippen molar-refractivity contribution < 1.29 is 9.59 Å². The fraction of sp³-hybridized carbons (Fsp3) is 0.353. The van der Waals surface area contributed by atoms with Crippen molar-refractivity contribution in [2.75, 3.05) is 13.6 Å². The maximum atomic E-state index is 12.6. The van der Waals surface area contributed by atoms with Crippen LogP contribution in [-0.4, -0.2) is 40.1 Å². The predicted molar refractivity (Wildman–Crippen MR) is 92.4 cm³/mol. The normalized spacial score (nSPS) is 12.0. The first-order valence-corrected chi connectivity index (χ1v) is 8.22. The van der Waals surface area contributed by atoms with Crippen LogP contribution in [0.1, 0.15) is 40.8 Å². The van der Waals surface area contributed by atoms with E-state index in [9.17, 15) is 9.59 Å². The molecule has 5 nitrogen and oxygen atoms in total. The molecule has 0 bridgehead atoms. The lowest BCUT2D eigenvalue weighted by Gasteiger charge is -2.26. The van der Waals surface area contributed by atoms with Crippen molar-refractivity contribution in [3.63, 3.8) is 0 Å². The minimum atomic E-state index is 0.00749. The molecule has 0 unspecified atom stereocenters. The highest BCUT2D eigenvalue weighted by atomic mass is 32.1. The second-order valence-corrected chi connectivity index (χ2v) is 7.96. The summed E-state index contributed by atoms with van der Waals surface area (Å²) in [7, 11) is 1.82. The Morgan fingerprint density at radius 1 is 1.39 bits per heavy atom. The molecule has 0 saturated carbocycles. The van der Waals surface area contributed by atoms with Gasteiger partial charge in [0, 0.05) is 25.4 Å². The molecule has 0 radical (unpaired) electrons. The fourth-order valence-corrected chi connectivity index (χ4v) is 3.67. The lowest BCUT2D eigenvalue weighted by molar-refractivity contribution is 0.0750. The highest BCUT2D eigenvalue weighted by molar-refractivity contribution is 7.18. The fourth-order valence-electron chi connectivity index (χ4n) is 2.68. The SMILES string of the molecule is CN(CC(C)(C)C)C(=O)c1cn2c(nc3cc(C=O)ccc32)s1. The Balaban J connectivity index is 1.97. The molecule has 0 aliphatic carbocycles. The quantitative estimate of drug-likeness (QED) is 0.691. The van der Waals surface area contributed by atoms with E-state index in [1.807, 2.05) is 23.7 Å². The van der Waals surface area contributed by atoms with Crippen molar-refractivity contribution in [3.05, 3.63) is 34.8 Å². The number of benzene rings is 1. The molecule has 120 valence electrons. The van der Waals surface area contributed by atoms with Gasteiger partial charge in [-0.3, -0.25) is 14.0 Å². The number of carbonyl (C=O) groups excluding carboxylic acids is 2. The van der Waals surface area contributed by atoms with E-state index in [0.717, 1.165) is 22.3 Å². The highest BCUT2D eigenvalue weighted by Gasteiger charge is 2.21. The van der Waals surface area contributed by atoms with E-state index in [1.54, 1.807) is 17.0 Å². The minimum Gasteiger partial charge on any atom is -0.340 e. The maximum absolute atomic E-state index is 12.6. The van der Waals surface area contributed by atoms with Crippen LogP contribution in [0.25, 0.3) is 16.0 Å². The van der Waals surface area contributed by atoms with Crippen LogP contribution in [0.3, 0.4) is 0 Å². The van der Waals surface area contributed by atoms with E-state index in [0.29, 0.717) is 17.0 Å². The third-order valence-electron chi connectivity index (χ3n) is 3.53. The molecule has 0 aliphatic rings. The number of hydrogen-bond acceptors (Lipinski definition) is 4. The summed E-state index contributed by atoms with van der Waals surface area (Å²) in [4.78, 5) is 31.1. The molecule has 2 heterocycles. The summed E-state index contributed by atoms with van der Waals surface area (Å²) >= 11 is 1.37. The topological polar surface area (TPSA) is 54.7 Å². The first-order chi connectivity index (χ1) is 10.8. The van der Waals surface area contributed by atoms with Crippen LogP contribution in [0.5, 0.6) is 0 Å². The average Bonchev–Trinajstić information content (AvgIpc) is 3.01. The van der Waals surface area contributed by atoms with Crippen LogP contribution < -0.4 is 0 Å². The molecule has 0 fully saturated rings. The van der Waals surface area contributed by atoms with Gasteiger partial charge in [-0.2, -0.15) is 0 Å². The number of hydrogen-bond donors (Lipinski definition) is 0. The van der Waals surface area contributed by atoms with E-state index in [2.05, 4.69) is 25.8 Å². The third-order valence-corrected chi connectivity index (χ3v) is 4.50. The lowest BCUT2D eigenvalue weighted by Crippen LogP contribution is -2.34. The molecule has 0 aliphatic heterocycles. The van der Waals surface area contributed by atoms with E-state index < -0.39 is 0 Å². The van der Waals surface area contributed by atoms with Crippen molar-refractivity contribution in [3.8, 4) is 0 Å². The standard InChI is InChI=1S/C17H19N3O2S/c1-17(2,3)10-19(4)15(22)14-8-20-13-6-5-11(9-21)7-12(13)18-16(20)23-14/h5-9H,10H2,1-4H3. The largest absolute Gasteiger partial charge is 0.340 e. The van der Waals surface area contributed by atoms with Gasteiger partial charge in [0.25, 0.3) is 5.91 Å². The van der Waals surface area contributed by atoms with Gasteiger partial charge < -0.3 is 4.90 Å². The first kappa shape index (κ1) is 15.7. The van der Waals surface area contributed by atoms with Crippen LogP contribution in [0.15, 0.2) is 24.4 Å². The van der Waals surface area contributed by atoms with E-state index in [-0.39, 0.29) is 11.3 Å². The number of imidazole rings is 1. The number of thiazole rings is 1. The summed E-state index contributed by atoms with van der Waals surface area (Å²) in [6.07, 6.45) is 2.64. The Morgan fingerprint density at radius 2 is 2.13 bits per heavy atom. The summed E-state index contributed by atoms with van der Waals surface area (Å²) in [5.74, 6) is 0.00749. The predicted octanol–water partition coefficient (Wildman–Crippen LogP) is 3.48. The molecular weight excluding hydrogens is 310 g/mol. The molecule has 1 amide bonds. The Hall–Kier alpha value is -2.21. The van der Waals surface area contributed by atoms with E-state index in [4.69, 9.17) is 0 Å². The molecule has 2 aromatic heterocycles. The van der Waals surface area contributed by atoms with Gasteiger partial charge in [-0.25, -0.2) is 4.98 Å². The summed E-state index contributed by atoms with van der Waals surface area (Å²) in [6, 6.07) is 5.38. The van der Waals surface area contributed by atoms with Crippen molar-refractivity contribution in [1.82, 2.24) is 14.3 Å². The number of carbonyl (C=O) groups is 2. The summed E-state index contributed by atoms with van der Waals surface area (Å²) in [5, 5.41) is 0. The Bertz CT molecular complexity index is 902. The maximum Gasteiger partial charge on any atom is 0.265 e. The van der Waals surface area contributed by atoms with Crippen LogP contribution in [0.4, 0.5) is 0 Å². The van der Waals surface area contributed by atoms with Crippen molar-refractivity contribution in [2.24, 2.45) is 5.41 Å². The van der Waals surface area contributed by atoms with E-state index in [1.165, 1.54) is 11.3 Å². The monoisotopic (exact) mass is 329 g/mol. The average molecular weight is 329 g/mol. The first-order valence-electron chi connectivity index (χ1n) is 7.41. The molecule has 0 N–H and O–H groups in total. The Morgan fingerprint density at radius 3 is 2.78 bits per heavy atom. The molecule has 6 heteroatoms. The lowest BCUT2D eigenvalue weighted by atomic mass is 9.96. The van der Waals surface area contributed by atoms with Crippen LogP contribution >= 0.6 is 11.3 Å². The molecular formula is C17H19N3O2S. The van der Waals surface area contributed by atoms with Crippen LogP contribution in [-0.2, 0) is 0 Å². The second-order valence-electron chi connectivity index (χ2n) is 6.95. The van der Waals surface area contributed by atoms with Crippen molar-refractivity contribution >= 4 is 39.5 Å². The molecule has 0 atom stereocenters. The molecule has 3 rings (SSSR count). The number of fused-ring (bicyclic) bond motifs is 3. The van der Waals surface area contributed by atoms with Crippen molar-refractivity contribution in [2.45, 2.75) is 20.8 Å². The molecule has 1 aromatic carbocycles. The zero-order valence-corrected chi connectivity index (χ0v) is 14.5. The van der Waals surface area contributed by atoms with Gasteiger partial charge in [0.1, 0.15) is 11.2 Å². The molecule has 23 heavy (non-hydrogen) atoms. The molecule has 0 saturated heterocycles. The number of rotatable bonds is 3. The summed E-state index contributed by atoms with van der Waals surface area (Å²) < 4.78 is 1.91.